The Kier molecular flexibility index (Phi) is 8.30. The van der Waals surface area contributed by atoms with Crippen molar-refractivity contribution in [1.29, 1.82) is 0 Å². The second-order valence-electron chi connectivity index (χ2n) is 9.44. The third kappa shape index (κ3) is 7.31. The number of carbonyl (C=O) groups is 2. The highest BCUT2D eigenvalue weighted by atomic mass is 16.5. The van der Waals surface area contributed by atoms with Crippen LogP contribution in [-0.4, -0.2) is 64.5 Å². The number of aromatic nitrogens is 1. The van der Waals surface area contributed by atoms with Crippen LogP contribution >= 0.6 is 0 Å². The number of hydrogen-bond acceptors (Lipinski definition) is 7. The first-order chi connectivity index (χ1) is 19.0. The van der Waals surface area contributed by atoms with Gasteiger partial charge in [-0.3, -0.25) is 14.6 Å². The molecule has 2 N–H and O–H groups in total. The van der Waals surface area contributed by atoms with E-state index in [9.17, 15) is 9.59 Å². The fraction of sp³-hybridized carbons (Fsp3) is 0.233. The average Bonchev–Trinajstić information content (AvgIpc) is 3.40. The predicted molar refractivity (Wildman–Crippen MR) is 147 cm³/mol. The van der Waals surface area contributed by atoms with Crippen molar-refractivity contribution in [2.24, 2.45) is 0 Å². The summed E-state index contributed by atoms with van der Waals surface area (Å²) in [6.45, 7) is 4.52. The van der Waals surface area contributed by atoms with Crippen molar-refractivity contribution < 1.29 is 23.8 Å². The quantitative estimate of drug-likeness (QED) is 0.315. The molecule has 3 aromatic carbocycles. The molecule has 1 saturated heterocycles. The number of anilines is 1. The molecule has 9 nitrogen and oxygen atoms in total. The lowest BCUT2D eigenvalue weighted by Gasteiger charge is -2.21. The largest absolute Gasteiger partial charge is 0.478 e. The van der Waals surface area contributed by atoms with Crippen LogP contribution in [0.3, 0.4) is 0 Å². The Morgan fingerprint density at radius 1 is 0.872 bits per heavy atom. The molecule has 0 bridgehead atoms. The molecule has 0 aliphatic carbocycles. The smallest absolute Gasteiger partial charge is 0.335 e. The number of nitrogens with zero attached hydrogens (tertiary/aromatic N) is 3. The van der Waals surface area contributed by atoms with E-state index in [2.05, 4.69) is 20.1 Å². The SMILES string of the molecule is O=C(CN1CCCN(Cc2ccc(C(=O)O)cc2)CC1)Nc1ccc(Oc2ccc(-c3ncco3)cc2)cc1. The Bertz CT molecular complexity index is 1370. The van der Waals surface area contributed by atoms with Crippen LogP contribution in [0.1, 0.15) is 22.3 Å². The lowest BCUT2D eigenvalue weighted by atomic mass is 10.1. The highest BCUT2D eigenvalue weighted by Crippen LogP contribution is 2.26. The van der Waals surface area contributed by atoms with E-state index in [1.165, 1.54) is 6.26 Å². The molecule has 0 saturated carbocycles. The van der Waals surface area contributed by atoms with Crippen LogP contribution in [0.5, 0.6) is 11.5 Å². The van der Waals surface area contributed by atoms with Gasteiger partial charge < -0.3 is 19.6 Å². The lowest BCUT2D eigenvalue weighted by molar-refractivity contribution is -0.117. The molecule has 1 aliphatic heterocycles. The van der Waals surface area contributed by atoms with Crippen molar-refractivity contribution in [3.8, 4) is 23.0 Å². The summed E-state index contributed by atoms with van der Waals surface area (Å²) in [5, 5.41) is 12.0. The van der Waals surface area contributed by atoms with Crippen molar-refractivity contribution in [3.63, 3.8) is 0 Å². The molecule has 0 radical (unpaired) electrons. The summed E-state index contributed by atoms with van der Waals surface area (Å²) in [4.78, 5) is 32.4. The van der Waals surface area contributed by atoms with Crippen LogP contribution in [-0.2, 0) is 11.3 Å². The summed E-state index contributed by atoms with van der Waals surface area (Å²) in [5.41, 5.74) is 2.97. The average molecular weight is 527 g/mol. The molecular formula is C30H30N4O5. The molecule has 1 aliphatic rings. The number of hydrogen-bond donors (Lipinski definition) is 2. The molecule has 1 amide bonds. The van der Waals surface area contributed by atoms with Crippen molar-refractivity contribution in [3.05, 3.63) is 96.4 Å². The number of ether oxygens (including phenoxy) is 1. The van der Waals surface area contributed by atoms with Crippen LogP contribution in [0.4, 0.5) is 5.69 Å². The minimum absolute atomic E-state index is 0.0523. The van der Waals surface area contributed by atoms with E-state index in [4.69, 9.17) is 14.3 Å². The topological polar surface area (TPSA) is 108 Å². The predicted octanol–water partition coefficient (Wildman–Crippen LogP) is 4.98. The van der Waals surface area contributed by atoms with Crippen LogP contribution in [0.25, 0.3) is 11.5 Å². The van der Waals surface area contributed by atoms with Gasteiger partial charge in [-0.15, -0.1) is 0 Å². The van der Waals surface area contributed by atoms with Crippen molar-refractivity contribution >= 4 is 17.6 Å². The molecule has 1 aromatic heterocycles. The number of carboxylic acid groups (broad SMARTS) is 1. The summed E-state index contributed by atoms with van der Waals surface area (Å²) >= 11 is 0. The van der Waals surface area contributed by atoms with Crippen LogP contribution in [0.2, 0.25) is 0 Å². The van der Waals surface area contributed by atoms with E-state index in [0.29, 0.717) is 35.2 Å². The number of rotatable bonds is 9. The molecule has 4 aromatic rings. The molecule has 9 heteroatoms. The summed E-state index contributed by atoms with van der Waals surface area (Å²) in [6, 6.07) is 21.8. The van der Waals surface area contributed by atoms with Gasteiger partial charge in [-0.2, -0.15) is 0 Å². The monoisotopic (exact) mass is 526 g/mol. The minimum atomic E-state index is -0.916. The van der Waals surface area contributed by atoms with Gasteiger partial charge in [-0.25, -0.2) is 9.78 Å². The molecule has 1 fully saturated rings. The van der Waals surface area contributed by atoms with Gasteiger partial charge in [0, 0.05) is 30.9 Å². The van der Waals surface area contributed by atoms with Crippen LogP contribution < -0.4 is 10.1 Å². The van der Waals surface area contributed by atoms with E-state index in [1.54, 1.807) is 18.3 Å². The molecule has 200 valence electrons. The minimum Gasteiger partial charge on any atom is -0.478 e. The van der Waals surface area contributed by atoms with Gasteiger partial charge in [-0.05, 0) is 85.7 Å². The number of aromatic carboxylic acids is 1. The van der Waals surface area contributed by atoms with Gasteiger partial charge in [0.2, 0.25) is 11.8 Å². The summed E-state index contributed by atoms with van der Waals surface area (Å²) < 4.78 is 11.2. The maximum atomic E-state index is 12.7. The molecule has 2 heterocycles. The van der Waals surface area contributed by atoms with Gasteiger partial charge in [0.1, 0.15) is 17.8 Å². The van der Waals surface area contributed by atoms with Gasteiger partial charge in [0.25, 0.3) is 0 Å². The Balaban J connectivity index is 1.07. The Hall–Kier alpha value is -4.47. The molecule has 0 spiro atoms. The third-order valence-electron chi connectivity index (χ3n) is 6.56. The Morgan fingerprint density at radius 3 is 2.21 bits per heavy atom. The number of carbonyl (C=O) groups excluding carboxylic acids is 1. The number of carboxylic acids is 1. The van der Waals surface area contributed by atoms with Gasteiger partial charge >= 0.3 is 5.97 Å². The first-order valence-electron chi connectivity index (χ1n) is 12.9. The molecule has 39 heavy (non-hydrogen) atoms. The van der Waals surface area contributed by atoms with E-state index in [1.807, 2.05) is 60.7 Å². The third-order valence-corrected chi connectivity index (χ3v) is 6.56. The molecule has 0 atom stereocenters. The van der Waals surface area contributed by atoms with Gasteiger partial charge in [0.05, 0.1) is 18.3 Å². The van der Waals surface area contributed by atoms with Gasteiger partial charge in [0.15, 0.2) is 0 Å². The fourth-order valence-electron chi connectivity index (χ4n) is 4.53. The zero-order valence-electron chi connectivity index (χ0n) is 21.5. The second-order valence-corrected chi connectivity index (χ2v) is 9.44. The van der Waals surface area contributed by atoms with Crippen molar-refractivity contribution in [2.75, 3.05) is 38.0 Å². The standard InChI is InChI=1S/C30H30N4O5/c35-28(21-34-16-1-15-33(17-18-34)20-22-2-4-24(5-3-22)30(36)37)32-25-8-12-27(13-9-25)39-26-10-6-23(7-11-26)29-31-14-19-38-29/h2-14,19H,1,15-18,20-21H2,(H,32,35)(H,36,37). The normalized spacial score (nSPS) is 14.5. The number of nitrogens with one attached hydrogen (secondary N) is 1. The Labute approximate surface area is 226 Å². The number of oxazole rings is 1. The summed E-state index contributed by atoms with van der Waals surface area (Å²) in [7, 11) is 0. The zero-order chi connectivity index (χ0) is 27.0. The Morgan fingerprint density at radius 2 is 1.54 bits per heavy atom. The highest BCUT2D eigenvalue weighted by molar-refractivity contribution is 5.92. The van der Waals surface area contributed by atoms with Crippen molar-refractivity contribution in [2.45, 2.75) is 13.0 Å². The van der Waals surface area contributed by atoms with Crippen molar-refractivity contribution in [1.82, 2.24) is 14.8 Å². The maximum Gasteiger partial charge on any atom is 0.335 e. The summed E-state index contributed by atoms with van der Waals surface area (Å²) in [6.07, 6.45) is 4.11. The van der Waals surface area contributed by atoms with Crippen LogP contribution in [0.15, 0.2) is 89.7 Å². The molecular weight excluding hydrogens is 496 g/mol. The number of amides is 1. The highest BCUT2D eigenvalue weighted by Gasteiger charge is 2.17. The van der Waals surface area contributed by atoms with E-state index in [0.717, 1.165) is 50.3 Å². The van der Waals surface area contributed by atoms with E-state index < -0.39 is 5.97 Å². The first-order valence-corrected chi connectivity index (χ1v) is 12.9. The lowest BCUT2D eigenvalue weighted by Crippen LogP contribution is -2.36. The summed E-state index contributed by atoms with van der Waals surface area (Å²) in [5.74, 6) is 0.949. The van der Waals surface area contributed by atoms with E-state index >= 15 is 0 Å². The second kappa shape index (κ2) is 12.4. The fourth-order valence-corrected chi connectivity index (χ4v) is 4.53. The number of benzene rings is 3. The molecule has 5 rings (SSSR count). The first kappa shape index (κ1) is 26.1. The van der Waals surface area contributed by atoms with Crippen LogP contribution in [0, 0.1) is 0 Å². The zero-order valence-corrected chi connectivity index (χ0v) is 21.5. The molecule has 0 unspecified atom stereocenters. The van der Waals surface area contributed by atoms with E-state index in [-0.39, 0.29) is 5.91 Å². The maximum absolute atomic E-state index is 12.7. The van der Waals surface area contributed by atoms with Gasteiger partial charge in [-0.1, -0.05) is 12.1 Å².